The molecule has 1 unspecified atom stereocenters. The second-order valence-corrected chi connectivity index (χ2v) is 5.16. The molecule has 0 amide bonds. The average molecular weight is 280 g/mol. The summed E-state index contributed by atoms with van der Waals surface area (Å²) in [5, 5.41) is 17.2. The van der Waals surface area contributed by atoms with Gasteiger partial charge in [0, 0.05) is 12.7 Å². The van der Waals surface area contributed by atoms with Gasteiger partial charge in [-0.2, -0.15) is 0 Å². The maximum Gasteiger partial charge on any atom is 0.343 e. The van der Waals surface area contributed by atoms with E-state index in [2.05, 4.69) is 15.2 Å². The molecule has 2 heterocycles. The Balaban J connectivity index is 2.19. The van der Waals surface area contributed by atoms with Crippen LogP contribution in [0.3, 0.4) is 0 Å². The van der Waals surface area contributed by atoms with Gasteiger partial charge in [0.25, 0.3) is 0 Å². The molecule has 6 nitrogen and oxygen atoms in total. The standard InChI is InChI=1S/C12H16N4O2S/c1-3-6-16-11(18)14-15-12(16)19-10-5-4-9(7-13-10)8(2)17/h4-5,7-8,17H,3,6H2,1-2H3,(H,14,18). The van der Waals surface area contributed by atoms with E-state index in [1.165, 1.54) is 11.8 Å². The van der Waals surface area contributed by atoms with Crippen LogP contribution in [-0.2, 0) is 6.54 Å². The van der Waals surface area contributed by atoms with Crippen LogP contribution in [0.4, 0.5) is 0 Å². The fourth-order valence-corrected chi connectivity index (χ4v) is 2.40. The van der Waals surface area contributed by atoms with E-state index in [-0.39, 0.29) is 5.69 Å². The molecule has 2 aromatic heterocycles. The normalized spacial score (nSPS) is 12.6. The topological polar surface area (TPSA) is 83.8 Å². The minimum absolute atomic E-state index is 0.204. The lowest BCUT2D eigenvalue weighted by molar-refractivity contribution is 0.198. The molecule has 0 bridgehead atoms. The van der Waals surface area contributed by atoms with E-state index in [1.807, 2.05) is 19.1 Å². The number of nitrogens with zero attached hydrogens (tertiary/aromatic N) is 3. The van der Waals surface area contributed by atoms with Gasteiger partial charge in [-0.3, -0.25) is 4.57 Å². The van der Waals surface area contributed by atoms with Gasteiger partial charge in [-0.05, 0) is 36.7 Å². The van der Waals surface area contributed by atoms with E-state index in [1.54, 1.807) is 17.7 Å². The van der Waals surface area contributed by atoms with Crippen molar-refractivity contribution in [1.82, 2.24) is 19.7 Å². The summed E-state index contributed by atoms with van der Waals surface area (Å²) in [5.41, 5.74) is 0.558. The van der Waals surface area contributed by atoms with Gasteiger partial charge in [-0.15, -0.1) is 5.10 Å². The Kier molecular flexibility index (Phi) is 4.39. The van der Waals surface area contributed by atoms with E-state index in [0.29, 0.717) is 11.7 Å². The number of hydrogen-bond acceptors (Lipinski definition) is 5. The Morgan fingerprint density at radius 3 is 2.89 bits per heavy atom. The summed E-state index contributed by atoms with van der Waals surface area (Å²) in [6.45, 7) is 4.32. The van der Waals surface area contributed by atoms with E-state index in [9.17, 15) is 9.90 Å². The number of nitrogens with one attached hydrogen (secondary N) is 1. The lowest BCUT2D eigenvalue weighted by Gasteiger charge is -2.05. The molecular weight excluding hydrogens is 264 g/mol. The summed E-state index contributed by atoms with van der Waals surface area (Å²) in [4.78, 5) is 15.8. The lowest BCUT2D eigenvalue weighted by atomic mass is 10.2. The number of H-pyrrole nitrogens is 1. The molecular formula is C12H16N4O2S. The van der Waals surface area contributed by atoms with Crippen LogP contribution in [0.25, 0.3) is 0 Å². The molecule has 0 aliphatic carbocycles. The quantitative estimate of drug-likeness (QED) is 0.868. The van der Waals surface area contributed by atoms with Gasteiger partial charge in [0.2, 0.25) is 0 Å². The maximum atomic E-state index is 11.5. The van der Waals surface area contributed by atoms with E-state index in [4.69, 9.17) is 0 Å². The molecule has 19 heavy (non-hydrogen) atoms. The van der Waals surface area contributed by atoms with Gasteiger partial charge in [-0.1, -0.05) is 13.0 Å². The van der Waals surface area contributed by atoms with Crippen LogP contribution in [0.5, 0.6) is 0 Å². The average Bonchev–Trinajstić information content (AvgIpc) is 2.73. The molecule has 1 atom stereocenters. The van der Waals surface area contributed by atoms with Crippen molar-refractivity contribution >= 4 is 11.8 Å². The van der Waals surface area contributed by atoms with Crippen LogP contribution in [0.2, 0.25) is 0 Å². The van der Waals surface area contributed by atoms with Gasteiger partial charge in [0.15, 0.2) is 5.16 Å². The summed E-state index contributed by atoms with van der Waals surface area (Å²) in [6.07, 6.45) is 1.96. The van der Waals surface area contributed by atoms with E-state index < -0.39 is 6.10 Å². The highest BCUT2D eigenvalue weighted by Crippen LogP contribution is 2.24. The molecule has 2 aromatic rings. The molecule has 0 saturated heterocycles. The lowest BCUT2D eigenvalue weighted by Crippen LogP contribution is -2.17. The highest BCUT2D eigenvalue weighted by Gasteiger charge is 2.10. The van der Waals surface area contributed by atoms with Gasteiger partial charge < -0.3 is 5.11 Å². The first-order valence-electron chi connectivity index (χ1n) is 6.09. The number of hydrogen-bond donors (Lipinski definition) is 2. The third-order valence-corrected chi connectivity index (χ3v) is 3.55. The molecule has 0 spiro atoms. The SMILES string of the molecule is CCCn1c(Sc2ccc(C(C)O)cn2)n[nH]c1=O. The molecule has 0 radical (unpaired) electrons. The molecule has 0 saturated carbocycles. The first kappa shape index (κ1) is 13.8. The third-order valence-electron chi connectivity index (χ3n) is 2.61. The van der Waals surface area contributed by atoms with Crippen molar-refractivity contribution in [1.29, 1.82) is 0 Å². The number of pyridine rings is 1. The van der Waals surface area contributed by atoms with E-state index >= 15 is 0 Å². The van der Waals surface area contributed by atoms with Crippen molar-refractivity contribution in [2.45, 2.75) is 43.1 Å². The van der Waals surface area contributed by atoms with E-state index in [0.717, 1.165) is 17.0 Å². The van der Waals surface area contributed by atoms with Crippen molar-refractivity contribution < 1.29 is 5.11 Å². The second kappa shape index (κ2) is 6.03. The number of aliphatic hydroxyl groups excluding tert-OH is 1. The molecule has 0 aliphatic heterocycles. The predicted molar refractivity (Wildman–Crippen MR) is 72.1 cm³/mol. The van der Waals surface area contributed by atoms with Crippen molar-refractivity contribution in [3.8, 4) is 0 Å². The van der Waals surface area contributed by atoms with Crippen LogP contribution in [0.15, 0.2) is 33.3 Å². The zero-order valence-corrected chi connectivity index (χ0v) is 11.6. The summed E-state index contributed by atoms with van der Waals surface area (Å²) in [7, 11) is 0. The summed E-state index contributed by atoms with van der Waals surface area (Å²) >= 11 is 1.32. The van der Waals surface area contributed by atoms with Crippen LogP contribution in [0, 0.1) is 0 Å². The van der Waals surface area contributed by atoms with Crippen LogP contribution in [0.1, 0.15) is 31.9 Å². The fraction of sp³-hybridized carbons (Fsp3) is 0.417. The highest BCUT2D eigenvalue weighted by molar-refractivity contribution is 7.99. The summed E-state index contributed by atoms with van der Waals surface area (Å²) in [5.74, 6) is 0. The Morgan fingerprint density at radius 1 is 1.53 bits per heavy atom. The maximum absolute atomic E-state index is 11.5. The second-order valence-electron chi connectivity index (χ2n) is 4.17. The largest absolute Gasteiger partial charge is 0.389 e. The van der Waals surface area contributed by atoms with Crippen molar-refractivity contribution in [2.24, 2.45) is 0 Å². The molecule has 0 aliphatic rings. The Morgan fingerprint density at radius 2 is 2.32 bits per heavy atom. The number of aromatic nitrogens is 4. The van der Waals surface area contributed by atoms with Crippen molar-refractivity contribution in [3.05, 3.63) is 34.4 Å². The van der Waals surface area contributed by atoms with Crippen LogP contribution < -0.4 is 5.69 Å². The fourth-order valence-electron chi connectivity index (χ4n) is 1.59. The minimum atomic E-state index is -0.532. The third kappa shape index (κ3) is 3.24. The van der Waals surface area contributed by atoms with Crippen molar-refractivity contribution in [3.63, 3.8) is 0 Å². The van der Waals surface area contributed by atoms with Gasteiger partial charge in [0.1, 0.15) is 5.03 Å². The number of aromatic amines is 1. The molecule has 2 N–H and O–H groups in total. The van der Waals surface area contributed by atoms with Crippen LogP contribution in [-0.4, -0.2) is 24.9 Å². The summed E-state index contributed by atoms with van der Waals surface area (Å²) in [6, 6.07) is 3.62. The first-order valence-corrected chi connectivity index (χ1v) is 6.90. The highest BCUT2D eigenvalue weighted by atomic mass is 32.2. The Hall–Kier alpha value is -1.60. The monoisotopic (exact) mass is 280 g/mol. The number of rotatable bonds is 5. The molecule has 7 heteroatoms. The van der Waals surface area contributed by atoms with Gasteiger partial charge in [0.05, 0.1) is 6.10 Å². The Labute approximate surface area is 114 Å². The first-order chi connectivity index (χ1) is 9.11. The zero-order valence-electron chi connectivity index (χ0n) is 10.8. The van der Waals surface area contributed by atoms with Gasteiger partial charge in [-0.25, -0.2) is 14.9 Å². The van der Waals surface area contributed by atoms with Gasteiger partial charge >= 0.3 is 5.69 Å². The molecule has 0 fully saturated rings. The zero-order chi connectivity index (χ0) is 13.8. The smallest absolute Gasteiger partial charge is 0.343 e. The predicted octanol–water partition coefficient (Wildman–Crippen LogP) is 1.58. The van der Waals surface area contributed by atoms with Crippen LogP contribution >= 0.6 is 11.8 Å². The molecule has 102 valence electrons. The minimum Gasteiger partial charge on any atom is -0.389 e. The molecule has 0 aromatic carbocycles. The molecule has 2 rings (SSSR count). The van der Waals surface area contributed by atoms with Crippen molar-refractivity contribution in [2.75, 3.05) is 0 Å². The summed E-state index contributed by atoms with van der Waals surface area (Å²) < 4.78 is 1.59. The number of aliphatic hydroxyl groups is 1. The Bertz CT molecular complexity index is 589.